The van der Waals surface area contributed by atoms with Crippen molar-refractivity contribution in [1.29, 1.82) is 0 Å². The number of piperidine rings is 1. The molecule has 0 spiro atoms. The fourth-order valence-corrected chi connectivity index (χ4v) is 6.50. The van der Waals surface area contributed by atoms with Crippen LogP contribution in [0.2, 0.25) is 0 Å². The number of nitrogens with zero attached hydrogens (tertiary/aromatic N) is 2. The first-order valence-corrected chi connectivity index (χ1v) is 12.8. The van der Waals surface area contributed by atoms with E-state index in [-0.39, 0.29) is 11.8 Å². The minimum absolute atomic E-state index is 0.134. The highest BCUT2D eigenvalue weighted by atomic mass is 32.2. The monoisotopic (exact) mass is 448 g/mol. The van der Waals surface area contributed by atoms with Gasteiger partial charge in [0.05, 0.1) is 4.90 Å². The topological polar surface area (TPSA) is 57.7 Å². The number of sulfonamides is 1. The molecule has 0 bridgehead atoms. The lowest BCUT2D eigenvalue weighted by atomic mass is 9.93. The average Bonchev–Trinajstić information content (AvgIpc) is 2.82. The molecule has 1 fully saturated rings. The minimum atomic E-state index is -3.57. The molecule has 3 aromatic carbocycles. The van der Waals surface area contributed by atoms with Crippen LogP contribution in [-0.4, -0.2) is 38.3 Å². The summed E-state index contributed by atoms with van der Waals surface area (Å²) in [4.78, 5) is 15.6. The summed E-state index contributed by atoms with van der Waals surface area (Å²) in [6.45, 7) is 3.57. The first-order valence-electron chi connectivity index (χ1n) is 11.3. The molecule has 0 atom stereocenters. The van der Waals surface area contributed by atoms with Crippen molar-refractivity contribution in [3.8, 4) is 0 Å². The van der Waals surface area contributed by atoms with Gasteiger partial charge < -0.3 is 4.90 Å². The van der Waals surface area contributed by atoms with E-state index in [0.717, 1.165) is 35.8 Å². The summed E-state index contributed by atoms with van der Waals surface area (Å²) >= 11 is 0. The molecule has 166 valence electrons. The Morgan fingerprint density at radius 2 is 1.66 bits per heavy atom. The van der Waals surface area contributed by atoms with Crippen LogP contribution in [0.25, 0.3) is 10.8 Å². The highest BCUT2D eigenvalue weighted by molar-refractivity contribution is 7.89. The van der Waals surface area contributed by atoms with Crippen LogP contribution in [0.15, 0.2) is 65.6 Å². The van der Waals surface area contributed by atoms with E-state index in [0.29, 0.717) is 30.8 Å². The zero-order valence-corrected chi connectivity index (χ0v) is 19.1. The van der Waals surface area contributed by atoms with Gasteiger partial charge in [0.15, 0.2) is 0 Å². The highest BCUT2D eigenvalue weighted by Gasteiger charge is 2.35. The Morgan fingerprint density at radius 1 is 0.906 bits per heavy atom. The zero-order valence-electron chi connectivity index (χ0n) is 18.3. The summed E-state index contributed by atoms with van der Waals surface area (Å²) in [6.07, 6.45) is 3.09. The van der Waals surface area contributed by atoms with Crippen molar-refractivity contribution in [1.82, 2.24) is 4.31 Å². The van der Waals surface area contributed by atoms with Gasteiger partial charge in [0, 0.05) is 31.2 Å². The largest absolute Gasteiger partial charge is 0.312 e. The van der Waals surface area contributed by atoms with E-state index in [1.807, 2.05) is 35.2 Å². The molecule has 1 amide bonds. The second-order valence-corrected chi connectivity index (χ2v) is 10.9. The van der Waals surface area contributed by atoms with E-state index in [9.17, 15) is 13.2 Å². The SMILES string of the molecule is Cc1ccc2c(c1)CCCN2C(=O)C1CCN(S(=O)(=O)c2ccc3ccccc3c2)CC1. The molecule has 0 radical (unpaired) electrons. The van der Waals surface area contributed by atoms with Gasteiger partial charge in [0.2, 0.25) is 15.9 Å². The van der Waals surface area contributed by atoms with Gasteiger partial charge in [-0.15, -0.1) is 0 Å². The number of hydrogen-bond donors (Lipinski definition) is 0. The van der Waals surface area contributed by atoms with Crippen LogP contribution >= 0.6 is 0 Å². The van der Waals surface area contributed by atoms with Crippen LogP contribution in [0.3, 0.4) is 0 Å². The van der Waals surface area contributed by atoms with E-state index in [1.165, 1.54) is 15.4 Å². The molecule has 0 saturated carbocycles. The Hall–Kier alpha value is -2.70. The third kappa shape index (κ3) is 3.82. The molecule has 3 aromatic rings. The standard InChI is InChI=1S/C26H28N2O3S/c1-19-8-11-25-23(17-19)7-4-14-28(25)26(29)21-12-15-27(16-13-21)32(30,31)24-10-9-20-5-2-3-6-22(20)18-24/h2-3,5-6,8-11,17-18,21H,4,7,12-16H2,1H3. The average molecular weight is 449 g/mol. The van der Waals surface area contributed by atoms with Gasteiger partial charge in [-0.25, -0.2) is 8.42 Å². The first kappa shape index (κ1) is 21.2. The fraction of sp³-hybridized carbons (Fsp3) is 0.346. The van der Waals surface area contributed by atoms with E-state index in [1.54, 1.807) is 12.1 Å². The zero-order chi connectivity index (χ0) is 22.3. The van der Waals surface area contributed by atoms with Crippen LogP contribution in [-0.2, 0) is 21.2 Å². The van der Waals surface area contributed by atoms with Crippen molar-refractivity contribution in [3.63, 3.8) is 0 Å². The molecule has 1 saturated heterocycles. The van der Waals surface area contributed by atoms with Crippen molar-refractivity contribution in [2.24, 2.45) is 5.92 Å². The number of hydrogen-bond acceptors (Lipinski definition) is 3. The molecule has 0 unspecified atom stereocenters. The number of aryl methyl sites for hydroxylation is 2. The van der Waals surface area contributed by atoms with E-state index >= 15 is 0 Å². The van der Waals surface area contributed by atoms with E-state index in [2.05, 4.69) is 25.1 Å². The molecule has 32 heavy (non-hydrogen) atoms. The number of amides is 1. The second-order valence-electron chi connectivity index (χ2n) is 8.91. The molecular weight excluding hydrogens is 420 g/mol. The van der Waals surface area contributed by atoms with Crippen LogP contribution in [0.5, 0.6) is 0 Å². The van der Waals surface area contributed by atoms with Crippen molar-refractivity contribution >= 4 is 32.4 Å². The van der Waals surface area contributed by atoms with Crippen molar-refractivity contribution < 1.29 is 13.2 Å². The predicted molar refractivity (Wildman–Crippen MR) is 127 cm³/mol. The lowest BCUT2D eigenvalue weighted by Gasteiger charge is -2.36. The maximum absolute atomic E-state index is 13.3. The van der Waals surface area contributed by atoms with Gasteiger partial charge in [-0.05, 0) is 67.1 Å². The van der Waals surface area contributed by atoms with Crippen LogP contribution < -0.4 is 4.90 Å². The molecule has 5 nitrogen and oxygen atoms in total. The number of rotatable bonds is 3. The van der Waals surface area contributed by atoms with Gasteiger partial charge in [-0.3, -0.25) is 4.79 Å². The lowest BCUT2D eigenvalue weighted by molar-refractivity contribution is -0.123. The summed E-state index contributed by atoms with van der Waals surface area (Å²) in [5.41, 5.74) is 3.48. The summed E-state index contributed by atoms with van der Waals surface area (Å²) in [5, 5.41) is 1.94. The van der Waals surface area contributed by atoms with E-state index in [4.69, 9.17) is 0 Å². The fourth-order valence-electron chi connectivity index (χ4n) is 5.00. The third-order valence-electron chi connectivity index (χ3n) is 6.78. The molecule has 2 aliphatic heterocycles. The Balaban J connectivity index is 1.30. The molecular formula is C26H28N2O3S. The van der Waals surface area contributed by atoms with Crippen molar-refractivity contribution in [3.05, 3.63) is 71.8 Å². The number of carbonyl (C=O) groups is 1. The summed E-state index contributed by atoms with van der Waals surface area (Å²) < 4.78 is 28.0. The van der Waals surface area contributed by atoms with Gasteiger partial charge in [-0.1, -0.05) is 48.0 Å². The molecule has 2 heterocycles. The van der Waals surface area contributed by atoms with Gasteiger partial charge in [0.1, 0.15) is 0 Å². The van der Waals surface area contributed by atoms with Gasteiger partial charge >= 0.3 is 0 Å². The van der Waals surface area contributed by atoms with Crippen molar-refractivity contribution in [2.75, 3.05) is 24.5 Å². The van der Waals surface area contributed by atoms with Gasteiger partial charge in [-0.2, -0.15) is 4.31 Å². The molecule has 5 rings (SSSR count). The van der Waals surface area contributed by atoms with Crippen LogP contribution in [0.1, 0.15) is 30.4 Å². The third-order valence-corrected chi connectivity index (χ3v) is 8.68. The van der Waals surface area contributed by atoms with Crippen LogP contribution in [0.4, 0.5) is 5.69 Å². The highest BCUT2D eigenvalue weighted by Crippen LogP contribution is 2.32. The summed E-state index contributed by atoms with van der Waals surface area (Å²) in [6, 6.07) is 19.3. The molecule has 6 heteroatoms. The molecule has 0 N–H and O–H groups in total. The Morgan fingerprint density at radius 3 is 2.44 bits per heavy atom. The quantitative estimate of drug-likeness (QED) is 0.592. The predicted octanol–water partition coefficient (Wildman–Crippen LogP) is 4.53. The number of carbonyl (C=O) groups excluding carboxylic acids is 1. The number of fused-ring (bicyclic) bond motifs is 2. The number of anilines is 1. The van der Waals surface area contributed by atoms with Crippen molar-refractivity contribution in [2.45, 2.75) is 37.5 Å². The molecule has 2 aliphatic rings. The number of benzene rings is 3. The molecule has 0 aliphatic carbocycles. The molecule has 0 aromatic heterocycles. The summed E-state index contributed by atoms with van der Waals surface area (Å²) in [5.74, 6) is 0.00265. The van der Waals surface area contributed by atoms with E-state index < -0.39 is 10.0 Å². The maximum atomic E-state index is 13.3. The second kappa shape index (κ2) is 8.34. The summed E-state index contributed by atoms with van der Waals surface area (Å²) in [7, 11) is -3.57. The normalized spacial score (nSPS) is 18.0. The maximum Gasteiger partial charge on any atom is 0.243 e. The van der Waals surface area contributed by atoms with Gasteiger partial charge in [0.25, 0.3) is 0 Å². The first-order chi connectivity index (χ1) is 15.4. The Kier molecular flexibility index (Phi) is 5.51. The Bertz CT molecular complexity index is 1280. The minimum Gasteiger partial charge on any atom is -0.312 e. The van der Waals surface area contributed by atoms with Crippen LogP contribution in [0, 0.1) is 12.8 Å². The Labute approximate surface area is 189 Å². The lowest BCUT2D eigenvalue weighted by Crippen LogP contribution is -2.45. The smallest absolute Gasteiger partial charge is 0.243 e.